The smallest absolute Gasteiger partial charge is 0.329 e. The number of aryl methyl sites for hydroxylation is 1. The van der Waals surface area contributed by atoms with Gasteiger partial charge in [-0.15, -0.1) is 0 Å². The van der Waals surface area contributed by atoms with Crippen LogP contribution in [0.15, 0.2) is 48.7 Å². The fraction of sp³-hybridized carbons (Fsp3) is 0.368. The Morgan fingerprint density at radius 3 is 2.48 bits per heavy atom. The van der Waals surface area contributed by atoms with Gasteiger partial charge >= 0.3 is 5.97 Å². The molecule has 0 amide bonds. The second-order valence-corrected chi connectivity index (χ2v) is 6.59. The average molecular weight is 312 g/mol. The van der Waals surface area contributed by atoms with Gasteiger partial charge in [0.25, 0.3) is 0 Å². The van der Waals surface area contributed by atoms with Crippen molar-refractivity contribution in [1.82, 2.24) is 4.98 Å². The van der Waals surface area contributed by atoms with Crippen LogP contribution in [-0.4, -0.2) is 22.6 Å². The van der Waals surface area contributed by atoms with Crippen LogP contribution in [-0.2, 0) is 16.0 Å². The van der Waals surface area contributed by atoms with Gasteiger partial charge < -0.3 is 10.1 Å². The number of nitrogens with zero attached hydrogens (tertiary/aromatic N) is 1. The number of nitrogens with one attached hydrogen (secondary N) is 1. The van der Waals surface area contributed by atoms with Gasteiger partial charge in [-0.05, 0) is 44.9 Å². The van der Waals surface area contributed by atoms with Crippen molar-refractivity contribution in [2.24, 2.45) is 0 Å². The normalized spacial score (nSPS) is 12.5. The summed E-state index contributed by atoms with van der Waals surface area (Å²) in [6, 6.07) is 13.3. The van der Waals surface area contributed by atoms with Gasteiger partial charge in [0.05, 0.1) is 0 Å². The van der Waals surface area contributed by atoms with Crippen molar-refractivity contribution in [3.63, 3.8) is 0 Å². The zero-order chi connectivity index (χ0) is 16.9. The second-order valence-electron chi connectivity index (χ2n) is 6.59. The molecule has 0 fully saturated rings. The summed E-state index contributed by atoms with van der Waals surface area (Å²) in [6.07, 6.45) is 2.26. The largest absolute Gasteiger partial charge is 0.458 e. The van der Waals surface area contributed by atoms with E-state index in [2.05, 4.69) is 10.3 Å². The average Bonchev–Trinajstić information content (AvgIpc) is 2.48. The molecule has 122 valence electrons. The van der Waals surface area contributed by atoms with E-state index in [-0.39, 0.29) is 5.97 Å². The van der Waals surface area contributed by atoms with E-state index in [4.69, 9.17) is 4.74 Å². The number of pyridine rings is 1. The molecule has 4 nitrogen and oxygen atoms in total. The zero-order valence-electron chi connectivity index (χ0n) is 14.2. The molecule has 1 aromatic carbocycles. The third kappa shape index (κ3) is 5.40. The van der Waals surface area contributed by atoms with Gasteiger partial charge in [-0.25, -0.2) is 9.78 Å². The molecule has 2 aromatic rings. The van der Waals surface area contributed by atoms with Crippen LogP contribution in [0.4, 0.5) is 5.82 Å². The zero-order valence-corrected chi connectivity index (χ0v) is 14.2. The Balaban J connectivity index is 2.20. The number of hydrogen-bond acceptors (Lipinski definition) is 4. The molecule has 0 radical (unpaired) electrons. The first kappa shape index (κ1) is 17.0. The number of benzene rings is 1. The van der Waals surface area contributed by atoms with Crippen molar-refractivity contribution < 1.29 is 9.53 Å². The van der Waals surface area contributed by atoms with Crippen molar-refractivity contribution in [3.8, 4) is 0 Å². The molecule has 2 rings (SSSR count). The quantitative estimate of drug-likeness (QED) is 0.854. The second kappa shape index (κ2) is 7.27. The predicted molar refractivity (Wildman–Crippen MR) is 92.4 cm³/mol. The number of rotatable bonds is 5. The number of carbonyl (C=O) groups excluding carboxylic acids is 1. The lowest BCUT2D eigenvalue weighted by Gasteiger charge is -2.25. The minimum absolute atomic E-state index is 0.272. The van der Waals surface area contributed by atoms with Crippen molar-refractivity contribution in [1.29, 1.82) is 0 Å². The Morgan fingerprint density at radius 2 is 1.87 bits per heavy atom. The molecule has 0 saturated heterocycles. The van der Waals surface area contributed by atoms with E-state index < -0.39 is 11.6 Å². The summed E-state index contributed by atoms with van der Waals surface area (Å²) in [5.74, 6) is 0.436. The summed E-state index contributed by atoms with van der Waals surface area (Å²) in [4.78, 5) is 16.9. The molecule has 1 atom stereocenters. The Morgan fingerprint density at radius 1 is 1.17 bits per heavy atom. The summed E-state index contributed by atoms with van der Waals surface area (Å²) < 4.78 is 5.55. The van der Waals surface area contributed by atoms with Crippen LogP contribution in [0, 0.1) is 6.92 Å². The third-order valence-corrected chi connectivity index (χ3v) is 3.29. The fourth-order valence-corrected chi connectivity index (χ4v) is 2.22. The maximum Gasteiger partial charge on any atom is 0.329 e. The molecule has 23 heavy (non-hydrogen) atoms. The van der Waals surface area contributed by atoms with Crippen LogP contribution in [0.25, 0.3) is 0 Å². The minimum Gasteiger partial charge on any atom is -0.458 e. The Kier molecular flexibility index (Phi) is 5.37. The van der Waals surface area contributed by atoms with Crippen LogP contribution in [0.1, 0.15) is 31.9 Å². The molecular formula is C19H24N2O2. The summed E-state index contributed by atoms with van der Waals surface area (Å²) >= 11 is 0. The fourth-order valence-electron chi connectivity index (χ4n) is 2.22. The molecule has 0 aliphatic heterocycles. The first-order chi connectivity index (χ1) is 10.8. The van der Waals surface area contributed by atoms with Crippen molar-refractivity contribution in [3.05, 3.63) is 59.8 Å². The Bertz CT molecular complexity index is 648. The summed E-state index contributed by atoms with van der Waals surface area (Å²) in [7, 11) is 0. The van der Waals surface area contributed by atoms with Gasteiger partial charge in [0.15, 0.2) is 0 Å². The molecule has 0 aliphatic rings. The van der Waals surface area contributed by atoms with Gasteiger partial charge in [-0.1, -0.05) is 36.4 Å². The van der Waals surface area contributed by atoms with Crippen molar-refractivity contribution in [2.75, 3.05) is 5.32 Å². The van der Waals surface area contributed by atoms with E-state index >= 15 is 0 Å². The number of ether oxygens (including phenoxy) is 1. The highest BCUT2D eigenvalue weighted by Crippen LogP contribution is 2.16. The highest BCUT2D eigenvalue weighted by Gasteiger charge is 2.26. The molecule has 0 aliphatic carbocycles. The topological polar surface area (TPSA) is 51.2 Å². The molecule has 1 N–H and O–H groups in total. The van der Waals surface area contributed by atoms with Gasteiger partial charge in [-0.3, -0.25) is 0 Å². The molecule has 0 saturated carbocycles. The first-order valence-electron chi connectivity index (χ1n) is 7.80. The van der Waals surface area contributed by atoms with Crippen LogP contribution in [0.2, 0.25) is 0 Å². The molecule has 0 unspecified atom stereocenters. The van der Waals surface area contributed by atoms with E-state index in [1.54, 1.807) is 6.20 Å². The van der Waals surface area contributed by atoms with Crippen molar-refractivity contribution >= 4 is 11.8 Å². The minimum atomic E-state index is -0.521. The number of esters is 1. The summed E-state index contributed by atoms with van der Waals surface area (Å²) in [6.45, 7) is 7.58. The number of carbonyl (C=O) groups is 1. The lowest BCUT2D eigenvalue weighted by molar-refractivity contribution is -0.155. The van der Waals surface area contributed by atoms with E-state index in [1.165, 1.54) is 0 Å². The molecule has 4 heteroatoms. The maximum atomic E-state index is 12.6. The number of aromatic nitrogens is 1. The molecule has 0 bridgehead atoms. The SMILES string of the molecule is Cc1cccnc1N[C@H](Cc1ccccc1)C(=O)OC(C)(C)C. The number of hydrogen-bond donors (Lipinski definition) is 1. The molecule has 1 heterocycles. The summed E-state index contributed by atoms with van der Waals surface area (Å²) in [5.41, 5.74) is 1.55. The predicted octanol–water partition coefficient (Wildman–Crippen LogP) is 3.75. The molecule has 1 aromatic heterocycles. The summed E-state index contributed by atoms with van der Waals surface area (Å²) in [5, 5.41) is 3.23. The van der Waals surface area contributed by atoms with Gasteiger partial charge in [0, 0.05) is 12.6 Å². The Hall–Kier alpha value is -2.36. The van der Waals surface area contributed by atoms with Crippen LogP contribution < -0.4 is 5.32 Å². The number of anilines is 1. The van der Waals surface area contributed by atoms with E-state index in [1.807, 2.05) is 70.2 Å². The lowest BCUT2D eigenvalue weighted by atomic mass is 10.1. The van der Waals surface area contributed by atoms with Crippen LogP contribution in [0.3, 0.4) is 0 Å². The highest BCUT2D eigenvalue weighted by molar-refractivity contribution is 5.80. The first-order valence-corrected chi connectivity index (χ1v) is 7.80. The standard InChI is InChI=1S/C19H24N2O2/c1-14-9-8-12-20-17(14)21-16(18(22)23-19(2,3)4)13-15-10-6-5-7-11-15/h5-12,16H,13H2,1-4H3,(H,20,21)/t16-/m1/s1. The van der Waals surface area contributed by atoms with Crippen molar-refractivity contribution in [2.45, 2.75) is 45.8 Å². The van der Waals surface area contributed by atoms with Crippen LogP contribution >= 0.6 is 0 Å². The molecule has 0 spiro atoms. The van der Waals surface area contributed by atoms with E-state index in [9.17, 15) is 4.79 Å². The van der Waals surface area contributed by atoms with Gasteiger partial charge in [0.1, 0.15) is 17.5 Å². The third-order valence-electron chi connectivity index (χ3n) is 3.29. The molecular weight excluding hydrogens is 288 g/mol. The maximum absolute atomic E-state index is 12.6. The van der Waals surface area contributed by atoms with E-state index in [0.29, 0.717) is 12.2 Å². The van der Waals surface area contributed by atoms with Gasteiger partial charge in [-0.2, -0.15) is 0 Å². The monoisotopic (exact) mass is 312 g/mol. The van der Waals surface area contributed by atoms with E-state index in [0.717, 1.165) is 11.1 Å². The van der Waals surface area contributed by atoms with Gasteiger partial charge in [0.2, 0.25) is 0 Å². The Labute approximate surface area is 137 Å². The highest BCUT2D eigenvalue weighted by atomic mass is 16.6. The van der Waals surface area contributed by atoms with Crippen LogP contribution in [0.5, 0.6) is 0 Å². The lowest BCUT2D eigenvalue weighted by Crippen LogP contribution is -2.38.